The topological polar surface area (TPSA) is 71.7 Å². The van der Waals surface area contributed by atoms with Crippen LogP contribution in [0.1, 0.15) is 6.92 Å². The molecule has 0 fully saturated rings. The van der Waals surface area contributed by atoms with E-state index in [0.29, 0.717) is 33.3 Å². The number of hydrogen-bond donors (Lipinski definition) is 3. The van der Waals surface area contributed by atoms with E-state index in [9.17, 15) is 0 Å². The van der Waals surface area contributed by atoms with E-state index in [4.69, 9.17) is 45.4 Å². The van der Waals surface area contributed by atoms with E-state index >= 15 is 0 Å². The van der Waals surface area contributed by atoms with E-state index in [1.165, 1.54) is 0 Å². The summed E-state index contributed by atoms with van der Waals surface area (Å²) in [5, 5.41) is 4.12. The highest BCUT2D eigenvalue weighted by molar-refractivity contribution is 6.42. The highest BCUT2D eigenvalue weighted by Gasteiger charge is 2.10. The fourth-order valence-electron chi connectivity index (χ4n) is 1.38. The van der Waals surface area contributed by atoms with E-state index in [1.807, 2.05) is 6.92 Å². The lowest BCUT2D eigenvalue weighted by molar-refractivity contribution is 0.185. The standard InChI is InChI=1S/C11H15Cl3N4O/c1-6(5-19-2)16-11(18-15)17-10-8(13)3-7(12)4-9(10)14/h3-4,6H,5,15H2,1-2H3,(H2,16,17,18). The van der Waals surface area contributed by atoms with Gasteiger partial charge in [-0.2, -0.15) is 0 Å². The second-order valence-electron chi connectivity index (χ2n) is 3.80. The van der Waals surface area contributed by atoms with Gasteiger partial charge in [0, 0.05) is 12.1 Å². The van der Waals surface area contributed by atoms with Crippen molar-refractivity contribution in [3.8, 4) is 0 Å². The lowest BCUT2D eigenvalue weighted by Crippen LogP contribution is -2.37. The quantitative estimate of drug-likeness (QED) is 0.344. The smallest absolute Gasteiger partial charge is 0.210 e. The molecule has 1 atom stereocenters. The maximum atomic E-state index is 6.05. The Morgan fingerprint density at radius 3 is 2.42 bits per heavy atom. The van der Waals surface area contributed by atoms with Crippen LogP contribution >= 0.6 is 34.8 Å². The molecule has 4 N–H and O–H groups in total. The van der Waals surface area contributed by atoms with E-state index in [-0.39, 0.29) is 6.04 Å². The van der Waals surface area contributed by atoms with Crippen molar-refractivity contribution >= 4 is 46.4 Å². The van der Waals surface area contributed by atoms with Gasteiger partial charge in [0.2, 0.25) is 5.96 Å². The summed E-state index contributed by atoms with van der Waals surface area (Å²) in [6.07, 6.45) is 0. The zero-order valence-corrected chi connectivity index (χ0v) is 12.8. The van der Waals surface area contributed by atoms with Gasteiger partial charge in [0.05, 0.1) is 28.4 Å². The first-order valence-corrected chi connectivity index (χ1v) is 6.56. The first kappa shape index (κ1) is 16.3. The van der Waals surface area contributed by atoms with Crippen molar-refractivity contribution in [3.63, 3.8) is 0 Å². The van der Waals surface area contributed by atoms with Gasteiger partial charge in [-0.3, -0.25) is 5.43 Å². The molecule has 0 aliphatic rings. The van der Waals surface area contributed by atoms with Gasteiger partial charge >= 0.3 is 0 Å². The number of nitrogens with zero attached hydrogens (tertiary/aromatic N) is 1. The number of guanidine groups is 1. The molecule has 0 aliphatic heterocycles. The van der Waals surface area contributed by atoms with Crippen LogP contribution in [0.5, 0.6) is 0 Å². The number of halogens is 3. The number of benzene rings is 1. The zero-order valence-electron chi connectivity index (χ0n) is 10.5. The van der Waals surface area contributed by atoms with Crippen molar-refractivity contribution in [2.24, 2.45) is 10.8 Å². The molecule has 5 nitrogen and oxygen atoms in total. The number of anilines is 1. The van der Waals surface area contributed by atoms with Crippen molar-refractivity contribution in [1.82, 2.24) is 5.43 Å². The van der Waals surface area contributed by atoms with Crippen molar-refractivity contribution in [2.75, 3.05) is 19.0 Å². The van der Waals surface area contributed by atoms with Crippen molar-refractivity contribution < 1.29 is 4.74 Å². The molecule has 8 heteroatoms. The van der Waals surface area contributed by atoms with Crippen molar-refractivity contribution in [1.29, 1.82) is 0 Å². The minimum Gasteiger partial charge on any atom is -0.382 e. The van der Waals surface area contributed by atoms with Gasteiger partial charge in [0.25, 0.3) is 0 Å². The van der Waals surface area contributed by atoms with E-state index < -0.39 is 0 Å². The third kappa shape index (κ3) is 5.04. The van der Waals surface area contributed by atoms with Crippen LogP contribution < -0.4 is 16.6 Å². The van der Waals surface area contributed by atoms with Crippen LogP contribution in [0.4, 0.5) is 5.69 Å². The molecule has 1 rings (SSSR count). The Morgan fingerprint density at radius 2 is 1.95 bits per heavy atom. The third-order valence-corrected chi connectivity index (χ3v) is 2.96. The molecule has 1 aromatic rings. The fourth-order valence-corrected chi connectivity index (χ4v) is 2.30. The fraction of sp³-hybridized carbons (Fsp3) is 0.364. The van der Waals surface area contributed by atoms with Gasteiger partial charge in [0.1, 0.15) is 0 Å². The van der Waals surface area contributed by atoms with Crippen molar-refractivity contribution in [3.05, 3.63) is 27.2 Å². The van der Waals surface area contributed by atoms with Gasteiger partial charge in [-0.25, -0.2) is 10.8 Å². The maximum absolute atomic E-state index is 6.05. The number of nitrogens with two attached hydrogens (primary N) is 1. The lowest BCUT2D eigenvalue weighted by atomic mass is 10.3. The molecule has 0 saturated heterocycles. The molecule has 0 aliphatic carbocycles. The maximum Gasteiger partial charge on any atom is 0.210 e. The first-order valence-electron chi connectivity index (χ1n) is 5.42. The largest absolute Gasteiger partial charge is 0.382 e. The summed E-state index contributed by atoms with van der Waals surface area (Å²) in [6.45, 7) is 2.35. The molecule has 0 aromatic heterocycles. The number of methoxy groups -OCH3 is 1. The second kappa shape index (κ2) is 7.77. The Bertz CT molecular complexity index is 444. The van der Waals surface area contributed by atoms with E-state index in [1.54, 1.807) is 19.2 Å². The number of hydrazine groups is 1. The molecule has 1 unspecified atom stereocenters. The molecule has 0 amide bonds. The number of hydrogen-bond acceptors (Lipinski definition) is 3. The first-order chi connectivity index (χ1) is 8.97. The molecular formula is C11H15Cl3N4O. The third-order valence-electron chi connectivity index (χ3n) is 2.14. The molecule has 0 spiro atoms. The number of aliphatic imine (C=N–C) groups is 1. The SMILES string of the molecule is COCC(C)N=C(NN)Nc1c(Cl)cc(Cl)cc1Cl. The second-order valence-corrected chi connectivity index (χ2v) is 5.05. The molecule has 0 saturated carbocycles. The average Bonchev–Trinajstić information content (AvgIpc) is 2.32. The summed E-state index contributed by atoms with van der Waals surface area (Å²) in [6, 6.07) is 3.07. The van der Waals surface area contributed by atoms with Gasteiger partial charge < -0.3 is 10.1 Å². The normalized spacial score (nSPS) is 13.3. The Kier molecular flexibility index (Phi) is 6.68. The van der Waals surface area contributed by atoms with Crippen LogP contribution in [0.2, 0.25) is 15.1 Å². The minimum absolute atomic E-state index is 0.0756. The number of rotatable bonds is 4. The highest BCUT2D eigenvalue weighted by Crippen LogP contribution is 2.33. The summed E-state index contributed by atoms with van der Waals surface area (Å²) < 4.78 is 4.99. The van der Waals surface area contributed by atoms with Gasteiger partial charge in [-0.1, -0.05) is 34.8 Å². The molecule has 19 heavy (non-hydrogen) atoms. The molecule has 106 valence electrons. The summed E-state index contributed by atoms with van der Waals surface area (Å²) >= 11 is 17.9. The Hall–Kier alpha value is -0.720. The Labute approximate surface area is 127 Å². The highest BCUT2D eigenvalue weighted by atomic mass is 35.5. The van der Waals surface area contributed by atoms with Crippen LogP contribution in [-0.2, 0) is 4.74 Å². The predicted molar refractivity (Wildman–Crippen MR) is 81.2 cm³/mol. The summed E-state index contributed by atoms with van der Waals surface area (Å²) in [4.78, 5) is 4.28. The average molecular weight is 326 g/mol. The van der Waals surface area contributed by atoms with Gasteiger partial charge in [0.15, 0.2) is 0 Å². The lowest BCUT2D eigenvalue weighted by Gasteiger charge is -2.14. The van der Waals surface area contributed by atoms with Gasteiger partial charge in [-0.05, 0) is 19.1 Å². The van der Waals surface area contributed by atoms with E-state index in [2.05, 4.69) is 15.7 Å². The Morgan fingerprint density at radius 1 is 1.37 bits per heavy atom. The van der Waals surface area contributed by atoms with Crippen LogP contribution in [0.15, 0.2) is 17.1 Å². The minimum atomic E-state index is -0.0756. The molecular weight excluding hydrogens is 311 g/mol. The molecule has 1 aromatic carbocycles. The monoisotopic (exact) mass is 324 g/mol. The summed E-state index contributed by atoms with van der Waals surface area (Å²) in [5.74, 6) is 5.73. The molecule has 0 heterocycles. The van der Waals surface area contributed by atoms with Crippen LogP contribution in [0, 0.1) is 0 Å². The van der Waals surface area contributed by atoms with Crippen molar-refractivity contribution in [2.45, 2.75) is 13.0 Å². The van der Waals surface area contributed by atoms with E-state index in [0.717, 1.165) is 0 Å². The number of nitrogens with one attached hydrogen (secondary N) is 2. The summed E-state index contributed by atoms with van der Waals surface area (Å²) in [7, 11) is 1.60. The Balaban J connectivity index is 2.93. The van der Waals surface area contributed by atoms with Gasteiger partial charge in [-0.15, -0.1) is 0 Å². The predicted octanol–water partition coefficient (Wildman–Crippen LogP) is 2.91. The van der Waals surface area contributed by atoms with Crippen LogP contribution in [0.3, 0.4) is 0 Å². The summed E-state index contributed by atoms with van der Waals surface area (Å²) in [5.41, 5.74) is 2.92. The number of ether oxygens (including phenoxy) is 1. The zero-order chi connectivity index (χ0) is 14.4. The van der Waals surface area contributed by atoms with Crippen LogP contribution in [-0.4, -0.2) is 25.7 Å². The molecule has 0 radical (unpaired) electrons. The molecule has 0 bridgehead atoms. The van der Waals surface area contributed by atoms with Crippen LogP contribution in [0.25, 0.3) is 0 Å².